The van der Waals surface area contributed by atoms with Crippen LogP contribution in [0.1, 0.15) is 28.4 Å². The molecule has 162 valence electrons. The largest absolute Gasteiger partial charge is 0.418 e. The number of nitrogens with zero attached hydrogens (tertiary/aromatic N) is 2. The Morgan fingerprint density at radius 2 is 1.62 bits per heavy atom. The Morgan fingerprint density at radius 1 is 0.938 bits per heavy atom. The quantitative estimate of drug-likeness (QED) is 0.356. The molecule has 1 amide bonds. The van der Waals surface area contributed by atoms with Crippen molar-refractivity contribution in [1.82, 2.24) is 4.98 Å². The lowest BCUT2D eigenvalue weighted by atomic mass is 9.94. The van der Waals surface area contributed by atoms with E-state index in [1.165, 1.54) is 17.2 Å². The lowest BCUT2D eigenvalue weighted by molar-refractivity contribution is -0.136. The van der Waals surface area contributed by atoms with E-state index in [0.717, 1.165) is 18.1 Å². The molecule has 1 aromatic heterocycles. The molecule has 0 atom stereocenters. The molecule has 3 aromatic carbocycles. The standard InChI is InChI=1S/C26H21F3N2O/c1-3-17-12-14-19(15-13-17)31(2)25(32)21-16-30-24-20(10-7-11-22(24)26(27,28)29)23(21)18-8-5-4-6-9-18/h4-16H,3H2,1-2H3. The van der Waals surface area contributed by atoms with E-state index in [4.69, 9.17) is 0 Å². The highest BCUT2D eigenvalue weighted by Gasteiger charge is 2.34. The van der Waals surface area contributed by atoms with Gasteiger partial charge in [-0.25, -0.2) is 0 Å². The summed E-state index contributed by atoms with van der Waals surface area (Å²) in [6.07, 6.45) is -2.42. The van der Waals surface area contributed by atoms with E-state index in [9.17, 15) is 18.0 Å². The third-order valence-corrected chi connectivity index (χ3v) is 5.53. The van der Waals surface area contributed by atoms with Gasteiger partial charge in [-0.3, -0.25) is 9.78 Å². The van der Waals surface area contributed by atoms with Crippen LogP contribution in [0.3, 0.4) is 0 Å². The van der Waals surface area contributed by atoms with Crippen molar-refractivity contribution in [2.75, 3.05) is 11.9 Å². The first-order chi connectivity index (χ1) is 15.3. The third kappa shape index (κ3) is 3.96. The van der Waals surface area contributed by atoms with Crippen molar-refractivity contribution >= 4 is 22.5 Å². The first kappa shape index (κ1) is 21.6. The van der Waals surface area contributed by atoms with Crippen LogP contribution in [-0.4, -0.2) is 17.9 Å². The van der Waals surface area contributed by atoms with Crippen LogP contribution < -0.4 is 4.90 Å². The van der Waals surface area contributed by atoms with Gasteiger partial charge in [-0.15, -0.1) is 0 Å². The second kappa shape index (κ2) is 8.46. The number of amides is 1. The van der Waals surface area contributed by atoms with Crippen LogP contribution in [0.2, 0.25) is 0 Å². The van der Waals surface area contributed by atoms with Gasteiger partial charge in [0.15, 0.2) is 0 Å². The van der Waals surface area contributed by atoms with Gasteiger partial charge in [-0.2, -0.15) is 13.2 Å². The van der Waals surface area contributed by atoms with E-state index in [1.54, 1.807) is 37.4 Å². The minimum atomic E-state index is -4.55. The SMILES string of the molecule is CCc1ccc(N(C)C(=O)c2cnc3c(C(F)(F)F)cccc3c2-c2ccccc2)cc1. The van der Waals surface area contributed by atoms with E-state index >= 15 is 0 Å². The monoisotopic (exact) mass is 434 g/mol. The van der Waals surface area contributed by atoms with Crippen molar-refractivity contribution < 1.29 is 18.0 Å². The number of para-hydroxylation sites is 1. The van der Waals surface area contributed by atoms with Crippen molar-refractivity contribution in [3.8, 4) is 11.1 Å². The van der Waals surface area contributed by atoms with Gasteiger partial charge in [-0.1, -0.05) is 61.5 Å². The van der Waals surface area contributed by atoms with E-state index in [-0.39, 0.29) is 22.4 Å². The van der Waals surface area contributed by atoms with Crippen molar-refractivity contribution in [2.45, 2.75) is 19.5 Å². The zero-order valence-electron chi connectivity index (χ0n) is 17.6. The lowest BCUT2D eigenvalue weighted by Gasteiger charge is -2.21. The number of hydrogen-bond donors (Lipinski definition) is 0. The van der Waals surface area contributed by atoms with Crippen LogP contribution >= 0.6 is 0 Å². The van der Waals surface area contributed by atoms with Crippen molar-refractivity contribution in [3.63, 3.8) is 0 Å². The maximum absolute atomic E-state index is 13.6. The van der Waals surface area contributed by atoms with Crippen LogP contribution in [0.25, 0.3) is 22.0 Å². The van der Waals surface area contributed by atoms with Crippen LogP contribution in [0.15, 0.2) is 79.0 Å². The molecule has 4 rings (SSSR count). The molecule has 0 N–H and O–H groups in total. The van der Waals surface area contributed by atoms with Crippen molar-refractivity contribution in [3.05, 3.63) is 95.7 Å². The van der Waals surface area contributed by atoms with Crippen LogP contribution in [0.4, 0.5) is 18.9 Å². The topological polar surface area (TPSA) is 33.2 Å². The van der Waals surface area contributed by atoms with Gasteiger partial charge >= 0.3 is 6.18 Å². The fourth-order valence-corrected chi connectivity index (χ4v) is 3.78. The molecule has 0 unspecified atom stereocenters. The molecule has 0 fully saturated rings. The zero-order valence-corrected chi connectivity index (χ0v) is 17.6. The number of carbonyl (C=O) groups excluding carboxylic acids is 1. The van der Waals surface area contributed by atoms with Gasteiger partial charge in [0, 0.05) is 29.9 Å². The Balaban J connectivity index is 1.91. The molecule has 6 heteroatoms. The molecular formula is C26H21F3N2O. The summed E-state index contributed by atoms with van der Waals surface area (Å²) in [5.74, 6) is -0.347. The molecule has 4 aromatic rings. The molecule has 3 nitrogen and oxygen atoms in total. The van der Waals surface area contributed by atoms with E-state index in [0.29, 0.717) is 16.8 Å². The number of anilines is 1. The molecule has 1 heterocycles. The smallest absolute Gasteiger partial charge is 0.311 e. The number of benzene rings is 3. The van der Waals surface area contributed by atoms with Crippen LogP contribution in [0, 0.1) is 0 Å². The predicted octanol–water partition coefficient (Wildman–Crippen LogP) is 6.76. The summed E-state index contributed by atoms with van der Waals surface area (Å²) < 4.78 is 40.8. The Labute approximate surface area is 184 Å². The summed E-state index contributed by atoms with van der Waals surface area (Å²) >= 11 is 0. The summed E-state index contributed by atoms with van der Waals surface area (Å²) in [5.41, 5.74) is 2.16. The lowest BCUT2D eigenvalue weighted by Crippen LogP contribution is -2.27. The van der Waals surface area contributed by atoms with Gasteiger partial charge in [0.05, 0.1) is 16.6 Å². The minimum absolute atomic E-state index is 0.176. The maximum atomic E-state index is 13.6. The van der Waals surface area contributed by atoms with Crippen LogP contribution in [-0.2, 0) is 12.6 Å². The van der Waals surface area contributed by atoms with E-state index in [2.05, 4.69) is 4.98 Å². The second-order valence-corrected chi connectivity index (χ2v) is 7.50. The number of pyridine rings is 1. The Hall–Kier alpha value is -3.67. The highest BCUT2D eigenvalue weighted by Crippen LogP contribution is 2.38. The first-order valence-corrected chi connectivity index (χ1v) is 10.2. The molecule has 0 radical (unpaired) electrons. The number of fused-ring (bicyclic) bond motifs is 1. The second-order valence-electron chi connectivity index (χ2n) is 7.50. The average Bonchev–Trinajstić information content (AvgIpc) is 2.82. The van der Waals surface area contributed by atoms with Gasteiger partial charge < -0.3 is 4.90 Å². The summed E-state index contributed by atoms with van der Waals surface area (Å²) in [4.78, 5) is 19.1. The van der Waals surface area contributed by atoms with E-state index in [1.807, 2.05) is 37.3 Å². The zero-order chi connectivity index (χ0) is 22.9. The van der Waals surface area contributed by atoms with Gasteiger partial charge in [-0.05, 0) is 35.7 Å². The molecular weight excluding hydrogens is 413 g/mol. The summed E-state index contributed by atoms with van der Waals surface area (Å²) in [6.45, 7) is 2.05. The Morgan fingerprint density at radius 3 is 2.25 bits per heavy atom. The van der Waals surface area contributed by atoms with Crippen molar-refractivity contribution in [1.29, 1.82) is 0 Å². The first-order valence-electron chi connectivity index (χ1n) is 10.2. The fraction of sp³-hybridized carbons (Fsp3) is 0.154. The van der Waals surface area contributed by atoms with Crippen molar-refractivity contribution in [2.24, 2.45) is 0 Å². The van der Waals surface area contributed by atoms with Gasteiger partial charge in [0.2, 0.25) is 0 Å². The predicted molar refractivity (Wildman–Crippen MR) is 121 cm³/mol. The third-order valence-electron chi connectivity index (χ3n) is 5.53. The summed E-state index contributed by atoms with van der Waals surface area (Å²) in [6, 6.07) is 20.5. The highest BCUT2D eigenvalue weighted by atomic mass is 19.4. The number of aromatic nitrogens is 1. The summed E-state index contributed by atoms with van der Waals surface area (Å²) in [5, 5.41) is 0.284. The van der Waals surface area contributed by atoms with Gasteiger partial charge in [0.25, 0.3) is 5.91 Å². The highest BCUT2D eigenvalue weighted by molar-refractivity contribution is 6.14. The normalized spacial score (nSPS) is 11.5. The number of carbonyl (C=O) groups is 1. The summed E-state index contributed by atoms with van der Waals surface area (Å²) in [7, 11) is 1.65. The number of rotatable bonds is 4. The molecule has 32 heavy (non-hydrogen) atoms. The number of aryl methyl sites for hydroxylation is 1. The van der Waals surface area contributed by atoms with E-state index < -0.39 is 11.7 Å². The Kier molecular flexibility index (Phi) is 5.70. The molecule has 0 bridgehead atoms. The van der Waals surface area contributed by atoms with Crippen LogP contribution in [0.5, 0.6) is 0 Å². The number of halogens is 3. The molecule has 0 saturated heterocycles. The molecule has 0 spiro atoms. The molecule has 0 aliphatic rings. The fourth-order valence-electron chi connectivity index (χ4n) is 3.78. The minimum Gasteiger partial charge on any atom is -0.311 e. The maximum Gasteiger partial charge on any atom is 0.418 e. The van der Waals surface area contributed by atoms with Gasteiger partial charge in [0.1, 0.15) is 0 Å². The molecule has 0 saturated carbocycles. The Bertz CT molecular complexity index is 1270. The average molecular weight is 434 g/mol. The molecule has 0 aliphatic heterocycles. The number of alkyl halides is 3. The molecule has 0 aliphatic carbocycles. The number of hydrogen-bond acceptors (Lipinski definition) is 2.